The van der Waals surface area contributed by atoms with Crippen LogP contribution in [-0.2, 0) is 9.53 Å². The average molecular weight is 396 g/mol. The van der Waals surface area contributed by atoms with Crippen molar-refractivity contribution in [2.75, 3.05) is 26.3 Å². The number of carbonyl (C=O) groups is 2. The highest BCUT2D eigenvalue weighted by Gasteiger charge is 2.30. The Hall–Kier alpha value is -2.67. The molecule has 7 heteroatoms. The molecule has 0 unspecified atom stereocenters. The van der Waals surface area contributed by atoms with Gasteiger partial charge in [-0.15, -0.1) is 0 Å². The van der Waals surface area contributed by atoms with E-state index < -0.39 is 0 Å². The quantitative estimate of drug-likeness (QED) is 0.761. The monoisotopic (exact) mass is 396 g/mol. The van der Waals surface area contributed by atoms with Gasteiger partial charge in [0, 0.05) is 25.1 Å². The molecule has 1 aliphatic heterocycles. The summed E-state index contributed by atoms with van der Waals surface area (Å²) in [6.07, 6.45) is 7.08. The predicted molar refractivity (Wildman–Crippen MR) is 111 cm³/mol. The van der Waals surface area contributed by atoms with Crippen LogP contribution in [0.4, 0.5) is 0 Å². The first-order chi connectivity index (χ1) is 14.1. The summed E-state index contributed by atoms with van der Waals surface area (Å²) < 4.78 is 5.57. The van der Waals surface area contributed by atoms with E-state index in [1.54, 1.807) is 11.0 Å². The second-order valence-electron chi connectivity index (χ2n) is 7.87. The maximum atomic E-state index is 13.1. The number of aryl methyl sites for hydroxylation is 1. The molecular weight excluding hydrogens is 368 g/mol. The van der Waals surface area contributed by atoms with Gasteiger partial charge in [-0.2, -0.15) is 0 Å². The van der Waals surface area contributed by atoms with Gasteiger partial charge in [0.15, 0.2) is 0 Å². The van der Waals surface area contributed by atoms with Crippen LogP contribution in [0.2, 0.25) is 0 Å². The maximum Gasteiger partial charge on any atom is 0.254 e. The minimum Gasteiger partial charge on any atom is -0.377 e. The molecule has 1 fully saturated rings. The average Bonchev–Trinajstić information content (AvgIpc) is 3.12. The minimum atomic E-state index is -0.254. The van der Waals surface area contributed by atoms with Crippen LogP contribution in [0.5, 0.6) is 0 Å². The molecule has 2 aromatic rings. The fraction of sp³-hybridized carbons (Fsp3) is 0.500. The van der Waals surface area contributed by atoms with Crippen LogP contribution >= 0.6 is 0 Å². The van der Waals surface area contributed by atoms with Crippen LogP contribution in [0.3, 0.4) is 0 Å². The zero-order chi connectivity index (χ0) is 20.2. The number of fused-ring (bicyclic) bond motifs is 1. The summed E-state index contributed by atoms with van der Waals surface area (Å²) in [6, 6.07) is 5.23. The highest BCUT2D eigenvalue weighted by molar-refractivity contribution is 5.97. The van der Waals surface area contributed by atoms with E-state index in [9.17, 15) is 9.59 Å². The van der Waals surface area contributed by atoms with E-state index >= 15 is 0 Å². The zero-order valence-corrected chi connectivity index (χ0v) is 16.9. The molecule has 7 nitrogen and oxygen atoms in total. The van der Waals surface area contributed by atoms with E-state index in [0.29, 0.717) is 31.9 Å². The molecule has 1 atom stereocenters. The van der Waals surface area contributed by atoms with E-state index in [-0.39, 0.29) is 24.3 Å². The normalized spacial score (nSPS) is 19.8. The van der Waals surface area contributed by atoms with Crippen LogP contribution in [0.1, 0.15) is 48.3 Å². The van der Waals surface area contributed by atoms with Crippen molar-refractivity contribution in [1.82, 2.24) is 20.2 Å². The van der Waals surface area contributed by atoms with Gasteiger partial charge in [0.05, 0.1) is 30.3 Å². The van der Waals surface area contributed by atoms with Crippen molar-refractivity contribution in [3.8, 4) is 0 Å². The Morgan fingerprint density at radius 2 is 2.24 bits per heavy atom. The van der Waals surface area contributed by atoms with Gasteiger partial charge in [-0.05, 0) is 50.8 Å². The maximum absolute atomic E-state index is 13.1. The number of aromatic amines is 1. The number of imidazole rings is 1. The lowest BCUT2D eigenvalue weighted by atomic mass is 9.99. The summed E-state index contributed by atoms with van der Waals surface area (Å²) in [7, 11) is 0. The Morgan fingerprint density at radius 3 is 3.07 bits per heavy atom. The third kappa shape index (κ3) is 4.67. The predicted octanol–water partition coefficient (Wildman–Crippen LogP) is 2.72. The van der Waals surface area contributed by atoms with Gasteiger partial charge in [-0.3, -0.25) is 9.59 Å². The zero-order valence-electron chi connectivity index (χ0n) is 16.9. The number of hydrogen-bond donors (Lipinski definition) is 2. The van der Waals surface area contributed by atoms with E-state index in [1.165, 1.54) is 18.4 Å². The Balaban J connectivity index is 1.41. The number of nitrogens with zero attached hydrogens (tertiary/aromatic N) is 2. The van der Waals surface area contributed by atoms with Gasteiger partial charge in [0.25, 0.3) is 5.91 Å². The second-order valence-corrected chi connectivity index (χ2v) is 7.87. The number of rotatable bonds is 5. The number of ether oxygens (including phenoxy) is 1. The lowest BCUT2D eigenvalue weighted by molar-refractivity contribution is -0.123. The number of H-pyrrole nitrogens is 1. The van der Waals surface area contributed by atoms with Crippen molar-refractivity contribution in [3.05, 3.63) is 41.2 Å². The van der Waals surface area contributed by atoms with Crippen molar-refractivity contribution in [3.63, 3.8) is 0 Å². The van der Waals surface area contributed by atoms with E-state index in [0.717, 1.165) is 29.7 Å². The summed E-state index contributed by atoms with van der Waals surface area (Å²) in [5.74, 6) is 0.707. The van der Waals surface area contributed by atoms with Gasteiger partial charge in [0.1, 0.15) is 5.82 Å². The minimum absolute atomic E-state index is 0.0376. The Bertz CT molecular complexity index is 933. The molecule has 4 rings (SSSR count). The molecule has 1 saturated heterocycles. The van der Waals surface area contributed by atoms with Crippen LogP contribution in [-0.4, -0.2) is 59.0 Å². The molecule has 1 aliphatic carbocycles. The molecule has 0 spiro atoms. The van der Waals surface area contributed by atoms with E-state index in [2.05, 4.69) is 21.4 Å². The first-order valence-electron chi connectivity index (χ1n) is 10.4. The SMILES string of the molecule is Cc1nc2ccc(C(=O)N3CCOC[C@@H]3CC(=O)NCC3=CCCCC3)cc2[nH]1. The molecule has 2 heterocycles. The molecule has 154 valence electrons. The van der Waals surface area contributed by atoms with Crippen LogP contribution in [0, 0.1) is 6.92 Å². The summed E-state index contributed by atoms with van der Waals surface area (Å²) in [5.41, 5.74) is 3.59. The van der Waals surface area contributed by atoms with Crippen molar-refractivity contribution >= 4 is 22.8 Å². The molecule has 0 saturated carbocycles. The van der Waals surface area contributed by atoms with Gasteiger partial charge < -0.3 is 19.9 Å². The van der Waals surface area contributed by atoms with Crippen molar-refractivity contribution in [1.29, 1.82) is 0 Å². The van der Waals surface area contributed by atoms with Crippen LogP contribution in [0.25, 0.3) is 11.0 Å². The standard InChI is InChI=1S/C22H28N4O3/c1-15-24-19-8-7-17(11-20(19)25-15)22(28)26-9-10-29-14-18(26)12-21(27)23-13-16-5-3-2-4-6-16/h5,7-8,11,18H,2-4,6,9-10,12-14H2,1H3,(H,23,27)(H,24,25)/t18-/m0/s1. The fourth-order valence-electron chi connectivity index (χ4n) is 4.09. The molecule has 1 aromatic carbocycles. The Morgan fingerprint density at radius 1 is 1.34 bits per heavy atom. The first kappa shape index (κ1) is 19.6. The van der Waals surface area contributed by atoms with Crippen LogP contribution < -0.4 is 5.32 Å². The molecule has 29 heavy (non-hydrogen) atoms. The Kier molecular flexibility index (Phi) is 5.94. The molecule has 1 aromatic heterocycles. The smallest absolute Gasteiger partial charge is 0.254 e. The van der Waals surface area contributed by atoms with Gasteiger partial charge in [-0.25, -0.2) is 4.98 Å². The number of nitrogens with one attached hydrogen (secondary N) is 2. The van der Waals surface area contributed by atoms with Gasteiger partial charge in [-0.1, -0.05) is 11.6 Å². The molecule has 2 aliphatic rings. The lowest BCUT2D eigenvalue weighted by Crippen LogP contribution is -2.50. The molecular formula is C22H28N4O3. The third-order valence-corrected chi connectivity index (χ3v) is 5.65. The fourth-order valence-corrected chi connectivity index (χ4v) is 4.09. The summed E-state index contributed by atoms with van der Waals surface area (Å²) >= 11 is 0. The third-order valence-electron chi connectivity index (χ3n) is 5.65. The summed E-state index contributed by atoms with van der Waals surface area (Å²) in [5, 5.41) is 3.01. The lowest BCUT2D eigenvalue weighted by Gasteiger charge is -2.35. The van der Waals surface area contributed by atoms with E-state index in [4.69, 9.17) is 4.74 Å². The number of morpholine rings is 1. The number of benzene rings is 1. The first-order valence-corrected chi connectivity index (χ1v) is 10.4. The molecule has 0 bridgehead atoms. The van der Waals surface area contributed by atoms with Crippen molar-refractivity contribution in [2.45, 2.75) is 45.1 Å². The largest absolute Gasteiger partial charge is 0.377 e. The highest BCUT2D eigenvalue weighted by atomic mass is 16.5. The molecule has 2 amide bonds. The highest BCUT2D eigenvalue weighted by Crippen LogP contribution is 2.20. The number of hydrogen-bond acceptors (Lipinski definition) is 4. The number of amides is 2. The van der Waals surface area contributed by atoms with Gasteiger partial charge in [0.2, 0.25) is 5.91 Å². The van der Waals surface area contributed by atoms with Crippen LogP contribution in [0.15, 0.2) is 29.8 Å². The van der Waals surface area contributed by atoms with E-state index in [1.807, 2.05) is 19.1 Å². The van der Waals surface area contributed by atoms with Crippen molar-refractivity contribution < 1.29 is 14.3 Å². The second kappa shape index (κ2) is 8.78. The number of carbonyl (C=O) groups excluding carboxylic acids is 2. The summed E-state index contributed by atoms with van der Waals surface area (Å²) in [4.78, 5) is 35.0. The Labute approximate surface area is 170 Å². The molecule has 2 N–H and O–H groups in total. The number of aromatic nitrogens is 2. The summed E-state index contributed by atoms with van der Waals surface area (Å²) in [6.45, 7) is 3.86. The number of allylic oxidation sites excluding steroid dienone is 1. The molecule has 0 radical (unpaired) electrons. The van der Waals surface area contributed by atoms with Crippen molar-refractivity contribution in [2.24, 2.45) is 0 Å². The topological polar surface area (TPSA) is 87.3 Å². The van der Waals surface area contributed by atoms with Gasteiger partial charge >= 0.3 is 0 Å².